The van der Waals surface area contributed by atoms with Crippen molar-refractivity contribution in [3.8, 4) is 11.5 Å². The lowest BCUT2D eigenvalue weighted by Gasteiger charge is -2.26. The van der Waals surface area contributed by atoms with Gasteiger partial charge in [0.2, 0.25) is 0 Å². The van der Waals surface area contributed by atoms with E-state index in [4.69, 9.17) is 9.47 Å². The molecule has 0 saturated heterocycles. The molecule has 6 heteroatoms. The van der Waals surface area contributed by atoms with Crippen LogP contribution in [0.15, 0.2) is 72.8 Å². The molecule has 1 N–H and O–H groups in total. The monoisotopic (exact) mass is 439 g/mol. The van der Waals surface area contributed by atoms with Gasteiger partial charge >= 0.3 is 6.18 Å². The van der Waals surface area contributed by atoms with Crippen LogP contribution in [0.25, 0.3) is 6.08 Å². The van der Waals surface area contributed by atoms with Gasteiger partial charge in [0.15, 0.2) is 11.5 Å². The second-order valence-corrected chi connectivity index (χ2v) is 7.60. The summed E-state index contributed by atoms with van der Waals surface area (Å²) in [6.45, 7) is 1.14. The molecule has 0 aromatic heterocycles. The molecular weight excluding hydrogens is 415 g/mol. The number of alkyl halides is 3. The Morgan fingerprint density at radius 3 is 2.50 bits per heavy atom. The highest BCUT2D eigenvalue weighted by molar-refractivity contribution is 5.57. The second-order valence-electron chi connectivity index (χ2n) is 7.60. The second kappa shape index (κ2) is 9.49. The highest BCUT2D eigenvalue weighted by atomic mass is 19.4. The summed E-state index contributed by atoms with van der Waals surface area (Å²) in [6.07, 6.45) is -0.300. The van der Waals surface area contributed by atoms with Gasteiger partial charge in [-0.15, -0.1) is 0 Å². The third kappa shape index (κ3) is 4.97. The quantitative estimate of drug-likeness (QED) is 0.497. The molecule has 1 atom stereocenters. The standard InChI is InChI=1S/C26H24F3NO2/c1-31-24-16-21-20(15-25(24)32-17-18-7-3-2-4-8-18)13-14-30-23(21)12-11-19-9-5-6-10-22(19)26(27,28)29/h2-12,15-16,23,30H,13-14,17H2,1H3. The van der Waals surface area contributed by atoms with Crippen LogP contribution < -0.4 is 14.8 Å². The van der Waals surface area contributed by atoms with E-state index in [1.54, 1.807) is 19.3 Å². The predicted octanol–water partition coefficient (Wildman–Crippen LogP) is 6.19. The Bertz CT molecular complexity index is 1090. The van der Waals surface area contributed by atoms with Crippen molar-refractivity contribution in [2.75, 3.05) is 13.7 Å². The lowest BCUT2D eigenvalue weighted by molar-refractivity contribution is -0.137. The fourth-order valence-corrected chi connectivity index (χ4v) is 3.88. The third-order valence-electron chi connectivity index (χ3n) is 5.49. The minimum absolute atomic E-state index is 0.142. The minimum Gasteiger partial charge on any atom is -0.493 e. The van der Waals surface area contributed by atoms with Gasteiger partial charge in [-0.25, -0.2) is 0 Å². The smallest absolute Gasteiger partial charge is 0.416 e. The van der Waals surface area contributed by atoms with Gasteiger partial charge in [0, 0.05) is 6.54 Å². The minimum atomic E-state index is -4.40. The topological polar surface area (TPSA) is 30.5 Å². The number of methoxy groups -OCH3 is 1. The van der Waals surface area contributed by atoms with Gasteiger partial charge < -0.3 is 14.8 Å². The summed E-state index contributed by atoms with van der Waals surface area (Å²) in [5, 5.41) is 3.37. The molecule has 1 unspecified atom stereocenters. The molecule has 1 aliphatic heterocycles. The first-order valence-electron chi connectivity index (χ1n) is 10.4. The Kier molecular flexibility index (Phi) is 6.51. The van der Waals surface area contributed by atoms with E-state index < -0.39 is 11.7 Å². The predicted molar refractivity (Wildman–Crippen MR) is 119 cm³/mol. The summed E-state index contributed by atoms with van der Waals surface area (Å²) < 4.78 is 51.5. The van der Waals surface area contributed by atoms with E-state index in [1.807, 2.05) is 42.5 Å². The van der Waals surface area contributed by atoms with Gasteiger partial charge in [-0.05, 0) is 46.9 Å². The van der Waals surface area contributed by atoms with Crippen molar-refractivity contribution in [1.29, 1.82) is 0 Å². The number of hydrogen-bond donors (Lipinski definition) is 1. The first-order chi connectivity index (χ1) is 15.5. The Balaban J connectivity index is 1.59. The summed E-state index contributed by atoms with van der Waals surface area (Å²) in [5.74, 6) is 1.25. The normalized spacial score (nSPS) is 16.1. The van der Waals surface area contributed by atoms with E-state index in [2.05, 4.69) is 5.32 Å². The molecule has 4 rings (SSSR count). The third-order valence-corrected chi connectivity index (χ3v) is 5.49. The highest BCUT2D eigenvalue weighted by Crippen LogP contribution is 2.37. The number of ether oxygens (including phenoxy) is 2. The molecule has 1 aliphatic rings. The van der Waals surface area contributed by atoms with Gasteiger partial charge in [0.1, 0.15) is 6.61 Å². The van der Waals surface area contributed by atoms with Crippen LogP contribution in [0.5, 0.6) is 11.5 Å². The van der Waals surface area contributed by atoms with Gasteiger partial charge in [0.25, 0.3) is 0 Å². The number of hydrogen-bond acceptors (Lipinski definition) is 3. The summed E-state index contributed by atoms with van der Waals surface area (Å²) in [6, 6.07) is 19.1. The molecule has 3 aromatic carbocycles. The van der Waals surface area contributed by atoms with Crippen LogP contribution in [0, 0.1) is 0 Å². The first-order valence-corrected chi connectivity index (χ1v) is 10.4. The van der Waals surface area contributed by atoms with Gasteiger partial charge in [-0.2, -0.15) is 13.2 Å². The van der Waals surface area contributed by atoms with E-state index in [0.717, 1.165) is 29.2 Å². The Morgan fingerprint density at radius 2 is 1.75 bits per heavy atom. The van der Waals surface area contributed by atoms with Crippen LogP contribution in [0.1, 0.15) is 33.9 Å². The van der Waals surface area contributed by atoms with E-state index >= 15 is 0 Å². The van der Waals surface area contributed by atoms with Gasteiger partial charge in [-0.3, -0.25) is 0 Å². The SMILES string of the molecule is COc1cc2c(cc1OCc1ccccc1)CCNC2C=Cc1ccccc1C(F)(F)F. The number of rotatable bonds is 6. The van der Waals surface area contributed by atoms with Crippen LogP contribution in [-0.4, -0.2) is 13.7 Å². The Labute approximate surface area is 185 Å². The van der Waals surface area contributed by atoms with Crippen LogP contribution in [0.4, 0.5) is 13.2 Å². The lowest BCUT2D eigenvalue weighted by Crippen LogP contribution is -2.28. The summed E-state index contributed by atoms with van der Waals surface area (Å²) in [4.78, 5) is 0. The Hall–Kier alpha value is -3.25. The van der Waals surface area contributed by atoms with Crippen molar-refractivity contribution in [2.24, 2.45) is 0 Å². The van der Waals surface area contributed by atoms with Crippen LogP contribution in [-0.2, 0) is 19.2 Å². The maximum Gasteiger partial charge on any atom is 0.416 e. The van der Waals surface area contributed by atoms with Crippen molar-refractivity contribution in [1.82, 2.24) is 5.32 Å². The van der Waals surface area contributed by atoms with E-state index in [0.29, 0.717) is 24.7 Å². The van der Waals surface area contributed by atoms with E-state index in [-0.39, 0.29) is 11.6 Å². The maximum absolute atomic E-state index is 13.3. The zero-order valence-electron chi connectivity index (χ0n) is 17.7. The van der Waals surface area contributed by atoms with Crippen molar-refractivity contribution >= 4 is 6.08 Å². The number of nitrogens with one attached hydrogen (secondary N) is 1. The first kappa shape index (κ1) is 22.0. The lowest BCUT2D eigenvalue weighted by atomic mass is 9.92. The van der Waals surface area contributed by atoms with Crippen molar-refractivity contribution in [2.45, 2.75) is 25.2 Å². The molecule has 0 fully saturated rings. The van der Waals surface area contributed by atoms with Crippen molar-refractivity contribution < 1.29 is 22.6 Å². The molecule has 3 aromatic rings. The van der Waals surface area contributed by atoms with Crippen molar-refractivity contribution in [3.05, 3.63) is 101 Å². The molecule has 3 nitrogen and oxygen atoms in total. The highest BCUT2D eigenvalue weighted by Gasteiger charge is 2.32. The van der Waals surface area contributed by atoms with Crippen molar-refractivity contribution in [3.63, 3.8) is 0 Å². The fraction of sp³-hybridized carbons (Fsp3) is 0.231. The molecule has 0 spiro atoms. The van der Waals surface area contributed by atoms with Crippen LogP contribution in [0.2, 0.25) is 0 Å². The summed E-state index contributed by atoms with van der Waals surface area (Å²) >= 11 is 0. The molecule has 0 bridgehead atoms. The number of halogens is 3. The largest absolute Gasteiger partial charge is 0.493 e. The van der Waals surface area contributed by atoms with Crippen LogP contribution >= 0.6 is 0 Å². The summed E-state index contributed by atoms with van der Waals surface area (Å²) in [5.41, 5.74) is 2.61. The molecule has 0 amide bonds. The molecule has 32 heavy (non-hydrogen) atoms. The van der Waals surface area contributed by atoms with Crippen LogP contribution in [0.3, 0.4) is 0 Å². The molecule has 1 heterocycles. The molecule has 0 radical (unpaired) electrons. The molecule has 0 aliphatic carbocycles. The van der Waals surface area contributed by atoms with E-state index in [1.165, 1.54) is 18.2 Å². The number of benzene rings is 3. The number of fused-ring (bicyclic) bond motifs is 1. The maximum atomic E-state index is 13.3. The van der Waals surface area contributed by atoms with E-state index in [9.17, 15) is 13.2 Å². The fourth-order valence-electron chi connectivity index (χ4n) is 3.88. The molecule has 0 saturated carbocycles. The molecular formula is C26H24F3NO2. The van der Waals surface area contributed by atoms with Gasteiger partial charge in [0.05, 0.1) is 18.7 Å². The Morgan fingerprint density at radius 1 is 1.00 bits per heavy atom. The summed E-state index contributed by atoms with van der Waals surface area (Å²) in [7, 11) is 1.58. The average molecular weight is 439 g/mol. The zero-order chi connectivity index (χ0) is 22.6. The molecule has 166 valence electrons. The van der Waals surface area contributed by atoms with Gasteiger partial charge in [-0.1, -0.05) is 60.7 Å². The zero-order valence-corrected chi connectivity index (χ0v) is 17.7. The average Bonchev–Trinajstić information content (AvgIpc) is 2.81.